The van der Waals surface area contributed by atoms with E-state index in [9.17, 15) is 29.1 Å². The SMILES string of the molecule is O=C1COc2ccc(CNC(=O)c3cc(C(=O)N[C@H]4CCc5cc(C(=O)O)ccc54)n4[nH]c(=O)cc4n3)cc2N1. The first-order valence-electron chi connectivity index (χ1n) is 12.4. The summed E-state index contributed by atoms with van der Waals surface area (Å²) in [6, 6.07) is 12.0. The summed E-state index contributed by atoms with van der Waals surface area (Å²) < 4.78 is 6.56. The van der Waals surface area contributed by atoms with Crippen molar-refractivity contribution in [1.29, 1.82) is 0 Å². The van der Waals surface area contributed by atoms with Crippen molar-refractivity contribution < 1.29 is 29.0 Å². The Hall–Kier alpha value is -5.46. The zero-order valence-corrected chi connectivity index (χ0v) is 20.8. The van der Waals surface area contributed by atoms with Crippen LogP contribution in [-0.4, -0.2) is 50.0 Å². The van der Waals surface area contributed by atoms with Crippen molar-refractivity contribution in [2.45, 2.75) is 25.4 Å². The summed E-state index contributed by atoms with van der Waals surface area (Å²) in [6.07, 6.45) is 1.17. The van der Waals surface area contributed by atoms with E-state index in [0.29, 0.717) is 29.8 Å². The number of carbonyl (C=O) groups excluding carboxylic acids is 3. The van der Waals surface area contributed by atoms with Crippen LogP contribution in [-0.2, 0) is 17.8 Å². The lowest BCUT2D eigenvalue weighted by atomic mass is 10.0. The second-order valence-electron chi connectivity index (χ2n) is 9.47. The Morgan fingerprint density at radius 2 is 1.93 bits per heavy atom. The van der Waals surface area contributed by atoms with Crippen LogP contribution in [0.3, 0.4) is 0 Å². The number of anilines is 1. The van der Waals surface area contributed by atoms with E-state index in [1.54, 1.807) is 30.3 Å². The van der Waals surface area contributed by atoms with Crippen LogP contribution >= 0.6 is 0 Å². The molecule has 5 N–H and O–H groups in total. The van der Waals surface area contributed by atoms with Crippen LogP contribution in [0.4, 0.5) is 5.69 Å². The van der Waals surface area contributed by atoms with Crippen LogP contribution in [0, 0.1) is 0 Å². The van der Waals surface area contributed by atoms with Gasteiger partial charge < -0.3 is 25.8 Å². The van der Waals surface area contributed by atoms with Crippen LogP contribution < -0.4 is 26.2 Å². The van der Waals surface area contributed by atoms with Gasteiger partial charge in [0.05, 0.1) is 17.3 Å². The first-order chi connectivity index (χ1) is 19.2. The molecule has 13 heteroatoms. The molecule has 13 nitrogen and oxygen atoms in total. The molecular weight excluding hydrogens is 520 g/mol. The fourth-order valence-corrected chi connectivity index (χ4v) is 4.93. The van der Waals surface area contributed by atoms with Gasteiger partial charge in [0.25, 0.3) is 23.3 Å². The van der Waals surface area contributed by atoms with Gasteiger partial charge in [-0.25, -0.2) is 14.3 Å². The highest BCUT2D eigenvalue weighted by molar-refractivity contribution is 5.98. The van der Waals surface area contributed by atoms with E-state index in [1.807, 2.05) is 0 Å². The molecule has 1 atom stereocenters. The van der Waals surface area contributed by atoms with Crippen molar-refractivity contribution in [3.63, 3.8) is 0 Å². The number of carbonyl (C=O) groups is 4. The number of amides is 3. The monoisotopic (exact) mass is 542 g/mol. The van der Waals surface area contributed by atoms with Gasteiger partial charge in [-0.3, -0.25) is 24.3 Å². The summed E-state index contributed by atoms with van der Waals surface area (Å²) in [5.41, 5.74) is 2.55. The lowest BCUT2D eigenvalue weighted by molar-refractivity contribution is -0.118. The van der Waals surface area contributed by atoms with E-state index < -0.39 is 23.3 Å². The maximum Gasteiger partial charge on any atom is 0.335 e. The van der Waals surface area contributed by atoms with Gasteiger partial charge in [-0.15, -0.1) is 0 Å². The Balaban J connectivity index is 1.22. The van der Waals surface area contributed by atoms with Crippen LogP contribution in [0.2, 0.25) is 0 Å². The van der Waals surface area contributed by atoms with Crippen molar-refractivity contribution >= 4 is 35.0 Å². The number of aryl methyl sites for hydroxylation is 1. The molecule has 2 aliphatic rings. The van der Waals surface area contributed by atoms with E-state index in [0.717, 1.165) is 11.1 Å². The Bertz CT molecular complexity index is 1790. The predicted molar refractivity (Wildman–Crippen MR) is 139 cm³/mol. The number of aromatic nitrogens is 3. The molecule has 40 heavy (non-hydrogen) atoms. The molecular formula is C27H22N6O7. The molecule has 0 bridgehead atoms. The predicted octanol–water partition coefficient (Wildman–Crippen LogP) is 1.40. The molecule has 0 unspecified atom stereocenters. The van der Waals surface area contributed by atoms with Gasteiger partial charge in [0.15, 0.2) is 12.3 Å². The first-order valence-corrected chi connectivity index (χ1v) is 12.4. The molecule has 0 fully saturated rings. The summed E-state index contributed by atoms with van der Waals surface area (Å²) in [6.45, 7) is 0.0435. The number of H-pyrrole nitrogens is 1. The number of fused-ring (bicyclic) bond motifs is 3. The van der Waals surface area contributed by atoms with Gasteiger partial charge in [0.2, 0.25) is 0 Å². The molecule has 4 aromatic rings. The number of benzene rings is 2. The highest BCUT2D eigenvalue weighted by atomic mass is 16.5. The molecule has 6 rings (SSSR count). The largest absolute Gasteiger partial charge is 0.482 e. The number of rotatable bonds is 6. The summed E-state index contributed by atoms with van der Waals surface area (Å²) >= 11 is 0. The molecule has 3 amide bonds. The molecule has 0 saturated heterocycles. The number of nitrogens with one attached hydrogen (secondary N) is 4. The third kappa shape index (κ3) is 4.64. The molecule has 0 spiro atoms. The second kappa shape index (κ2) is 9.69. The standard InChI is InChI=1S/C27H22N6O7/c34-23-10-22-29-19(25(36)28-11-13-1-6-21-18(7-13)30-24(35)12-40-21)9-20(33(22)32-23)26(37)31-17-5-3-14-8-15(27(38)39)2-4-16(14)17/h1-2,4,6-10,17H,3,5,11-12H2,(H,28,36)(H,30,35)(H,31,37)(H,32,34)(H,38,39)/t17-/m0/s1. The van der Waals surface area contributed by atoms with Crippen molar-refractivity contribution in [3.05, 3.63) is 92.5 Å². The third-order valence-corrected chi connectivity index (χ3v) is 6.83. The summed E-state index contributed by atoms with van der Waals surface area (Å²) in [7, 11) is 0. The zero-order chi connectivity index (χ0) is 28.0. The normalized spacial score (nSPS) is 15.5. The average molecular weight is 543 g/mol. The number of carboxylic acid groups (broad SMARTS) is 1. The van der Waals surface area contributed by atoms with Gasteiger partial charge in [-0.1, -0.05) is 12.1 Å². The second-order valence-corrected chi connectivity index (χ2v) is 9.47. The number of carboxylic acids is 1. The van der Waals surface area contributed by atoms with Crippen molar-refractivity contribution in [2.24, 2.45) is 0 Å². The van der Waals surface area contributed by atoms with Gasteiger partial charge in [-0.05, 0) is 53.8 Å². The molecule has 0 radical (unpaired) electrons. The zero-order valence-electron chi connectivity index (χ0n) is 20.8. The molecule has 1 aliphatic heterocycles. The molecule has 3 heterocycles. The van der Waals surface area contributed by atoms with E-state index >= 15 is 0 Å². The molecule has 202 valence electrons. The average Bonchev–Trinajstić information content (AvgIpc) is 3.52. The van der Waals surface area contributed by atoms with Gasteiger partial charge in [0, 0.05) is 18.7 Å². The van der Waals surface area contributed by atoms with Crippen molar-refractivity contribution in [1.82, 2.24) is 25.2 Å². The third-order valence-electron chi connectivity index (χ3n) is 6.83. The maximum atomic E-state index is 13.4. The quantitative estimate of drug-likeness (QED) is 0.242. The maximum absolute atomic E-state index is 13.4. The lowest BCUT2D eigenvalue weighted by Crippen LogP contribution is -2.31. The number of nitrogens with zero attached hydrogens (tertiary/aromatic N) is 2. The minimum Gasteiger partial charge on any atom is -0.482 e. The summed E-state index contributed by atoms with van der Waals surface area (Å²) in [5.74, 6) is -1.88. The number of aromatic carboxylic acids is 1. The van der Waals surface area contributed by atoms with E-state index in [-0.39, 0.29) is 47.7 Å². The highest BCUT2D eigenvalue weighted by Crippen LogP contribution is 2.32. The minimum absolute atomic E-state index is 0.00139. The summed E-state index contributed by atoms with van der Waals surface area (Å²) in [4.78, 5) is 65.6. The van der Waals surface area contributed by atoms with E-state index in [4.69, 9.17) is 4.74 Å². The number of hydrogen-bond donors (Lipinski definition) is 5. The van der Waals surface area contributed by atoms with Crippen LogP contribution in [0.25, 0.3) is 5.65 Å². The minimum atomic E-state index is -1.02. The van der Waals surface area contributed by atoms with Gasteiger partial charge in [0.1, 0.15) is 17.1 Å². The number of aromatic amines is 1. The van der Waals surface area contributed by atoms with Gasteiger partial charge in [-0.2, -0.15) is 0 Å². The van der Waals surface area contributed by atoms with Gasteiger partial charge >= 0.3 is 5.97 Å². The number of ether oxygens (including phenoxy) is 1. The van der Waals surface area contributed by atoms with Crippen LogP contribution in [0.15, 0.2) is 53.3 Å². The van der Waals surface area contributed by atoms with Crippen LogP contribution in [0.1, 0.15) is 60.5 Å². The number of hydrogen-bond acceptors (Lipinski definition) is 7. The van der Waals surface area contributed by atoms with Crippen molar-refractivity contribution in [3.8, 4) is 5.75 Å². The van der Waals surface area contributed by atoms with E-state index in [1.165, 1.54) is 22.7 Å². The molecule has 2 aromatic heterocycles. The Morgan fingerprint density at radius 1 is 1.07 bits per heavy atom. The highest BCUT2D eigenvalue weighted by Gasteiger charge is 2.27. The molecule has 2 aromatic carbocycles. The van der Waals surface area contributed by atoms with Crippen molar-refractivity contribution in [2.75, 3.05) is 11.9 Å². The Kier molecular flexibility index (Phi) is 6.02. The Labute approximate surface area is 225 Å². The van der Waals surface area contributed by atoms with Crippen LogP contribution in [0.5, 0.6) is 5.75 Å². The molecule has 0 saturated carbocycles. The fourth-order valence-electron chi connectivity index (χ4n) is 4.93. The lowest BCUT2D eigenvalue weighted by Gasteiger charge is -2.18. The first kappa shape index (κ1) is 24.9. The van der Waals surface area contributed by atoms with E-state index in [2.05, 4.69) is 26.0 Å². The summed E-state index contributed by atoms with van der Waals surface area (Å²) in [5, 5.41) is 20.1. The Morgan fingerprint density at radius 3 is 2.75 bits per heavy atom. The topological polar surface area (TPSA) is 184 Å². The fraction of sp³-hybridized carbons (Fsp3) is 0.185. The molecule has 1 aliphatic carbocycles. The smallest absolute Gasteiger partial charge is 0.335 e.